The Labute approximate surface area is 66.1 Å². The van der Waals surface area contributed by atoms with Crippen LogP contribution in [0.1, 0.15) is 12.8 Å². The van der Waals surface area contributed by atoms with Gasteiger partial charge in [0.05, 0.1) is 0 Å². The van der Waals surface area contributed by atoms with Crippen molar-refractivity contribution >= 4 is 0 Å². The maximum Gasteiger partial charge on any atom is 1.00 e. The van der Waals surface area contributed by atoms with Gasteiger partial charge >= 0.3 is 18.9 Å². The fourth-order valence-electron chi connectivity index (χ4n) is 0.842. The first-order valence-electron chi connectivity index (χ1n) is 2.72. The van der Waals surface area contributed by atoms with Crippen LogP contribution in [0, 0.1) is 5.21 Å². The monoisotopic (exact) mass is 121 g/mol. The van der Waals surface area contributed by atoms with E-state index in [0.717, 1.165) is 25.9 Å². The Morgan fingerprint density at radius 2 is 1.78 bits per heavy atom. The summed E-state index contributed by atoms with van der Waals surface area (Å²) in [4.78, 5) is 0. The molecule has 0 aromatic carbocycles. The zero-order valence-electron chi connectivity index (χ0n) is 5.58. The Balaban J connectivity index is 0.000000640. The van der Waals surface area contributed by atoms with Gasteiger partial charge < -0.3 is 5.21 Å². The van der Waals surface area contributed by atoms with Crippen LogP contribution >= 0.6 is 0 Å². The van der Waals surface area contributed by atoms with Crippen LogP contribution in [0.15, 0.2) is 10.5 Å². The summed E-state index contributed by atoms with van der Waals surface area (Å²) in [6.45, 7) is 1.79. The van der Waals surface area contributed by atoms with Crippen LogP contribution < -0.4 is 18.9 Å². The van der Waals surface area contributed by atoms with Gasteiger partial charge in [0.2, 0.25) is 0 Å². The van der Waals surface area contributed by atoms with Gasteiger partial charge in [-0.15, -0.1) is 0 Å². The molecule has 0 spiro atoms. The van der Waals surface area contributed by atoms with Crippen molar-refractivity contribution in [1.29, 1.82) is 0 Å². The Bertz CT molecular complexity index is 91.8. The first-order chi connectivity index (χ1) is 3.93. The van der Waals surface area contributed by atoms with Crippen LogP contribution in [-0.4, -0.2) is 18.1 Å². The zero-order chi connectivity index (χ0) is 5.82. The summed E-state index contributed by atoms with van der Waals surface area (Å²) < 4.78 is 0. The molecule has 0 unspecified atom stereocenters. The molecule has 1 fully saturated rings. The van der Waals surface area contributed by atoms with Gasteiger partial charge in [-0.3, -0.25) is 5.01 Å². The molecule has 1 aliphatic heterocycles. The Kier molecular flexibility index (Phi) is 4.55. The normalized spacial score (nSPS) is 18.4. The molecule has 1 saturated heterocycles. The van der Waals surface area contributed by atoms with Crippen LogP contribution in [0.2, 0.25) is 0 Å². The summed E-state index contributed by atoms with van der Waals surface area (Å²) >= 11 is 0. The third-order valence-electron chi connectivity index (χ3n) is 1.25. The summed E-state index contributed by atoms with van der Waals surface area (Å²) in [7, 11) is 0. The van der Waals surface area contributed by atoms with E-state index in [1.165, 1.54) is 0 Å². The maximum atomic E-state index is 9.50. The molecule has 1 rings (SSSR count). The van der Waals surface area contributed by atoms with Crippen LogP contribution in [0.4, 0.5) is 0 Å². The van der Waals surface area contributed by atoms with Gasteiger partial charge in [-0.2, -0.15) is 5.28 Å². The zero-order valence-corrected chi connectivity index (χ0v) is 5.58. The van der Waals surface area contributed by atoms with Gasteiger partial charge in [0.15, 0.2) is 0 Å². The third-order valence-corrected chi connectivity index (χ3v) is 1.25. The summed E-state index contributed by atoms with van der Waals surface area (Å²) in [6, 6.07) is 0. The molecule has 0 amide bonds. The quantitative estimate of drug-likeness (QED) is 0.228. The topological polar surface area (TPSA) is 51.0 Å². The molecule has 0 saturated carbocycles. The Morgan fingerprint density at radius 1 is 1.22 bits per heavy atom. The van der Waals surface area contributed by atoms with Gasteiger partial charge in [0, 0.05) is 13.1 Å². The van der Waals surface area contributed by atoms with E-state index in [1.807, 2.05) is 0 Å². The van der Waals surface area contributed by atoms with Crippen molar-refractivity contribution in [3.05, 3.63) is 5.21 Å². The number of nitrogens with zero attached hydrogens (tertiary/aromatic N) is 3. The van der Waals surface area contributed by atoms with Gasteiger partial charge in [0.1, 0.15) is 0 Å². The Hall–Kier alpha value is -0.203. The van der Waals surface area contributed by atoms with Crippen molar-refractivity contribution in [2.45, 2.75) is 12.8 Å². The predicted octanol–water partition coefficient (Wildman–Crippen LogP) is -2.05. The van der Waals surface area contributed by atoms with E-state index in [-0.39, 0.29) is 18.9 Å². The van der Waals surface area contributed by atoms with E-state index in [4.69, 9.17) is 0 Å². The van der Waals surface area contributed by atoms with Crippen molar-refractivity contribution in [1.82, 2.24) is 5.01 Å². The summed E-state index contributed by atoms with van der Waals surface area (Å²) in [5.74, 6) is 0. The molecule has 0 N–H and O–H groups in total. The van der Waals surface area contributed by atoms with Gasteiger partial charge in [-0.1, -0.05) is 5.22 Å². The van der Waals surface area contributed by atoms with E-state index in [0.29, 0.717) is 0 Å². The molecule has 4 nitrogen and oxygen atoms in total. The van der Waals surface area contributed by atoms with E-state index >= 15 is 0 Å². The molecule has 0 atom stereocenters. The summed E-state index contributed by atoms with van der Waals surface area (Å²) in [5.41, 5.74) is 0. The van der Waals surface area contributed by atoms with Crippen molar-refractivity contribution in [2.24, 2.45) is 10.5 Å². The molecule has 46 valence electrons. The summed E-state index contributed by atoms with van der Waals surface area (Å²) in [6.07, 6.45) is 2.28. The van der Waals surface area contributed by atoms with Crippen LogP contribution in [0.5, 0.6) is 0 Å². The van der Waals surface area contributed by atoms with E-state index in [9.17, 15) is 5.21 Å². The number of rotatable bonds is 1. The molecular formula is C4H8LiN3O. The molecule has 0 radical (unpaired) electrons. The second-order valence-electron chi connectivity index (χ2n) is 1.83. The Morgan fingerprint density at radius 3 is 2.22 bits per heavy atom. The van der Waals surface area contributed by atoms with E-state index in [2.05, 4.69) is 10.5 Å². The molecule has 5 heteroatoms. The molecule has 9 heavy (non-hydrogen) atoms. The van der Waals surface area contributed by atoms with Crippen LogP contribution in [-0.2, 0) is 0 Å². The van der Waals surface area contributed by atoms with Crippen LogP contribution in [0.25, 0.3) is 0 Å². The van der Waals surface area contributed by atoms with E-state index in [1.54, 1.807) is 5.01 Å². The minimum absolute atomic E-state index is 0. The fraction of sp³-hybridized carbons (Fsp3) is 1.00. The predicted molar refractivity (Wildman–Crippen MR) is 29.0 cm³/mol. The molecule has 1 heterocycles. The number of hydrogen-bond donors (Lipinski definition) is 0. The van der Waals surface area contributed by atoms with Crippen molar-refractivity contribution < 1.29 is 18.9 Å². The fourth-order valence-corrected chi connectivity index (χ4v) is 0.842. The summed E-state index contributed by atoms with van der Waals surface area (Å²) in [5, 5.41) is 16.9. The van der Waals surface area contributed by atoms with E-state index < -0.39 is 0 Å². The molecule has 0 aliphatic carbocycles. The smallest absolute Gasteiger partial charge is 0.774 e. The molecule has 0 bridgehead atoms. The SMILES string of the molecule is [Li+].[O-]/N=N/N1CCCC1. The first kappa shape index (κ1) is 8.80. The van der Waals surface area contributed by atoms with Gasteiger partial charge in [0.25, 0.3) is 0 Å². The molecular weight excluding hydrogens is 113 g/mol. The third kappa shape index (κ3) is 2.73. The second kappa shape index (κ2) is 4.66. The average molecular weight is 121 g/mol. The average Bonchev–Trinajstić information content (AvgIpc) is 2.19. The van der Waals surface area contributed by atoms with Gasteiger partial charge in [-0.25, -0.2) is 0 Å². The van der Waals surface area contributed by atoms with Crippen LogP contribution in [0.3, 0.4) is 0 Å². The minimum Gasteiger partial charge on any atom is -0.774 e. The number of hydrogen-bond acceptors (Lipinski definition) is 3. The molecule has 1 aliphatic rings. The molecule has 0 aromatic heterocycles. The molecule has 0 aromatic rings. The minimum atomic E-state index is 0. The maximum absolute atomic E-state index is 9.50. The second-order valence-corrected chi connectivity index (χ2v) is 1.83. The van der Waals surface area contributed by atoms with Crippen molar-refractivity contribution in [3.63, 3.8) is 0 Å². The van der Waals surface area contributed by atoms with Crippen molar-refractivity contribution in [2.75, 3.05) is 13.1 Å². The van der Waals surface area contributed by atoms with Gasteiger partial charge in [-0.05, 0) is 12.8 Å². The van der Waals surface area contributed by atoms with Crippen molar-refractivity contribution in [3.8, 4) is 0 Å². The first-order valence-corrected chi connectivity index (χ1v) is 2.72. The largest absolute Gasteiger partial charge is 1.00 e. The standard InChI is InChI=1S/C4H9N3O.Li/c8-6-5-7-3-1-2-4-7;/h1-4H2,(H,5,8);/q;+1/p-1.